The summed E-state index contributed by atoms with van der Waals surface area (Å²) in [5, 5.41) is 2.34. The van der Waals surface area contributed by atoms with E-state index in [1.807, 2.05) is 20.8 Å². The number of rotatable bonds is 6. The molecule has 0 aromatic carbocycles. The van der Waals surface area contributed by atoms with Crippen LogP contribution in [0.4, 0.5) is 4.79 Å². The molecule has 108 valence electrons. The molecule has 1 aliphatic rings. The normalized spacial score (nSPS) is 20.4. The quantitative estimate of drug-likeness (QED) is 0.752. The van der Waals surface area contributed by atoms with Crippen molar-refractivity contribution in [3.63, 3.8) is 0 Å². The highest BCUT2D eigenvalue weighted by Crippen LogP contribution is 2.33. The van der Waals surface area contributed by atoms with E-state index in [4.69, 9.17) is 0 Å². The molecule has 1 N–H and O–H groups in total. The van der Waals surface area contributed by atoms with E-state index in [1.165, 1.54) is 4.90 Å². The number of imide groups is 2. The topological polar surface area (TPSA) is 66.5 Å². The zero-order valence-electron chi connectivity index (χ0n) is 12.3. The molecule has 0 aliphatic carbocycles. The highest BCUT2D eigenvalue weighted by atomic mass is 16.2. The van der Waals surface area contributed by atoms with Gasteiger partial charge in [-0.25, -0.2) is 4.79 Å². The second-order valence-electron chi connectivity index (χ2n) is 5.21. The molecule has 5 nitrogen and oxygen atoms in total. The second kappa shape index (κ2) is 6.17. The van der Waals surface area contributed by atoms with Crippen LogP contribution in [-0.4, -0.2) is 28.8 Å². The molecule has 1 saturated heterocycles. The average molecular weight is 268 g/mol. The molecule has 1 fully saturated rings. The van der Waals surface area contributed by atoms with Gasteiger partial charge in [-0.3, -0.25) is 19.8 Å². The zero-order chi connectivity index (χ0) is 14.6. The van der Waals surface area contributed by atoms with Gasteiger partial charge in [-0.2, -0.15) is 0 Å². The van der Waals surface area contributed by atoms with Gasteiger partial charge in [0, 0.05) is 6.04 Å². The molecule has 1 atom stereocenters. The van der Waals surface area contributed by atoms with E-state index in [0.717, 1.165) is 19.3 Å². The Labute approximate surface area is 114 Å². The average Bonchev–Trinajstić information content (AvgIpc) is 2.37. The van der Waals surface area contributed by atoms with Gasteiger partial charge >= 0.3 is 6.03 Å². The first kappa shape index (κ1) is 15.7. The van der Waals surface area contributed by atoms with E-state index in [9.17, 15) is 14.4 Å². The molecule has 1 heterocycles. The first-order valence-electron chi connectivity index (χ1n) is 7.13. The molecule has 1 unspecified atom stereocenters. The minimum Gasteiger partial charge on any atom is -0.277 e. The molecule has 19 heavy (non-hydrogen) atoms. The number of unbranched alkanes of at least 4 members (excludes halogenated alkanes) is 1. The van der Waals surface area contributed by atoms with Crippen LogP contribution in [0.25, 0.3) is 0 Å². The Morgan fingerprint density at radius 1 is 1.16 bits per heavy atom. The van der Waals surface area contributed by atoms with Gasteiger partial charge in [0.15, 0.2) is 0 Å². The Morgan fingerprint density at radius 2 is 1.74 bits per heavy atom. The monoisotopic (exact) mass is 268 g/mol. The fourth-order valence-corrected chi connectivity index (χ4v) is 2.60. The summed E-state index contributed by atoms with van der Waals surface area (Å²) in [7, 11) is 0. The lowest BCUT2D eigenvalue weighted by Crippen LogP contribution is -2.65. The fourth-order valence-electron chi connectivity index (χ4n) is 2.60. The van der Waals surface area contributed by atoms with Crippen molar-refractivity contribution in [2.75, 3.05) is 0 Å². The molecule has 1 aliphatic heterocycles. The van der Waals surface area contributed by atoms with Gasteiger partial charge in [0.05, 0.1) is 0 Å². The van der Waals surface area contributed by atoms with Crippen molar-refractivity contribution in [2.24, 2.45) is 5.41 Å². The number of urea groups is 1. The van der Waals surface area contributed by atoms with Crippen LogP contribution in [0.5, 0.6) is 0 Å². The summed E-state index contributed by atoms with van der Waals surface area (Å²) in [5.41, 5.74) is -1.08. The van der Waals surface area contributed by atoms with E-state index >= 15 is 0 Å². The van der Waals surface area contributed by atoms with Crippen LogP contribution in [0.2, 0.25) is 0 Å². The van der Waals surface area contributed by atoms with Crippen LogP contribution in [-0.2, 0) is 9.59 Å². The second-order valence-corrected chi connectivity index (χ2v) is 5.21. The van der Waals surface area contributed by atoms with Crippen molar-refractivity contribution < 1.29 is 14.4 Å². The van der Waals surface area contributed by atoms with Crippen LogP contribution in [0, 0.1) is 5.41 Å². The zero-order valence-corrected chi connectivity index (χ0v) is 12.3. The number of nitrogens with zero attached hydrogens (tertiary/aromatic N) is 1. The summed E-state index contributed by atoms with van der Waals surface area (Å²) < 4.78 is 0. The lowest BCUT2D eigenvalue weighted by atomic mass is 9.78. The molecular weight excluding hydrogens is 244 g/mol. The van der Waals surface area contributed by atoms with Crippen LogP contribution in [0.1, 0.15) is 59.8 Å². The molecule has 0 saturated carbocycles. The summed E-state index contributed by atoms with van der Waals surface area (Å²) in [5.74, 6) is -0.790. The van der Waals surface area contributed by atoms with Gasteiger partial charge in [-0.15, -0.1) is 0 Å². The number of hydrogen-bond acceptors (Lipinski definition) is 3. The highest BCUT2D eigenvalue weighted by molar-refractivity contribution is 6.19. The first-order valence-corrected chi connectivity index (χ1v) is 7.13. The predicted molar refractivity (Wildman–Crippen MR) is 72.4 cm³/mol. The van der Waals surface area contributed by atoms with E-state index in [2.05, 4.69) is 12.2 Å². The lowest BCUT2D eigenvalue weighted by molar-refractivity contribution is -0.153. The third-order valence-electron chi connectivity index (χ3n) is 4.13. The van der Waals surface area contributed by atoms with Crippen molar-refractivity contribution >= 4 is 17.8 Å². The number of amides is 4. The van der Waals surface area contributed by atoms with Crippen LogP contribution in [0.15, 0.2) is 0 Å². The summed E-state index contributed by atoms with van der Waals surface area (Å²) in [4.78, 5) is 37.7. The fraction of sp³-hybridized carbons (Fsp3) is 0.786. The van der Waals surface area contributed by atoms with E-state index in [-0.39, 0.29) is 11.9 Å². The molecule has 0 radical (unpaired) electrons. The van der Waals surface area contributed by atoms with Crippen molar-refractivity contribution in [3.05, 3.63) is 0 Å². The lowest BCUT2D eigenvalue weighted by Gasteiger charge is -2.40. The highest BCUT2D eigenvalue weighted by Gasteiger charge is 2.52. The smallest absolute Gasteiger partial charge is 0.277 e. The largest absolute Gasteiger partial charge is 0.331 e. The summed E-state index contributed by atoms with van der Waals surface area (Å²) >= 11 is 0. The van der Waals surface area contributed by atoms with Gasteiger partial charge in [0.25, 0.3) is 0 Å². The van der Waals surface area contributed by atoms with E-state index in [1.54, 1.807) is 0 Å². The third-order valence-corrected chi connectivity index (χ3v) is 4.13. The van der Waals surface area contributed by atoms with Crippen molar-refractivity contribution in [3.8, 4) is 0 Å². The molecule has 0 spiro atoms. The standard InChI is InChI=1S/C14H24N2O3/c1-5-8-9-10(4)16-12(18)14(6-2,7-3)11(17)15-13(16)19/h10H,5-9H2,1-4H3,(H,15,17,19). The maximum absolute atomic E-state index is 12.6. The first-order chi connectivity index (χ1) is 8.94. The minimum atomic E-state index is -1.08. The maximum Gasteiger partial charge on any atom is 0.331 e. The SMILES string of the molecule is CCCCC(C)N1C(=O)NC(=O)C(CC)(CC)C1=O. The predicted octanol–water partition coefficient (Wildman–Crippen LogP) is 2.45. The Balaban J connectivity index is 3.01. The van der Waals surface area contributed by atoms with Gasteiger partial charge < -0.3 is 0 Å². The van der Waals surface area contributed by atoms with Gasteiger partial charge in [-0.05, 0) is 26.2 Å². The molecule has 0 aromatic heterocycles. The number of barbiturate groups is 1. The summed E-state index contributed by atoms with van der Waals surface area (Å²) in [6.07, 6.45) is 3.57. The minimum absolute atomic E-state index is 0.168. The Morgan fingerprint density at radius 3 is 2.21 bits per heavy atom. The molecule has 0 bridgehead atoms. The van der Waals surface area contributed by atoms with Gasteiger partial charge in [0.2, 0.25) is 11.8 Å². The van der Waals surface area contributed by atoms with E-state index in [0.29, 0.717) is 12.8 Å². The molecule has 1 rings (SSSR count). The van der Waals surface area contributed by atoms with Crippen molar-refractivity contribution in [1.29, 1.82) is 0 Å². The molecule has 5 heteroatoms. The van der Waals surface area contributed by atoms with Crippen LogP contribution < -0.4 is 5.32 Å². The number of nitrogens with one attached hydrogen (secondary N) is 1. The summed E-state index contributed by atoms with van der Waals surface area (Å²) in [6.45, 7) is 7.55. The summed E-state index contributed by atoms with van der Waals surface area (Å²) in [6, 6.07) is -0.742. The van der Waals surface area contributed by atoms with Crippen LogP contribution in [0.3, 0.4) is 0 Å². The van der Waals surface area contributed by atoms with Gasteiger partial charge in [0.1, 0.15) is 5.41 Å². The molecule has 4 amide bonds. The Kier molecular flexibility index (Phi) is 5.09. The van der Waals surface area contributed by atoms with Gasteiger partial charge in [-0.1, -0.05) is 33.6 Å². The van der Waals surface area contributed by atoms with Crippen LogP contribution >= 0.6 is 0 Å². The number of carbonyl (C=O) groups excluding carboxylic acids is 3. The third kappa shape index (κ3) is 2.65. The molecular formula is C14H24N2O3. The number of hydrogen-bond donors (Lipinski definition) is 1. The Hall–Kier alpha value is -1.39. The number of carbonyl (C=O) groups is 3. The Bertz CT molecular complexity index is 375. The van der Waals surface area contributed by atoms with Crippen molar-refractivity contribution in [2.45, 2.75) is 65.8 Å². The van der Waals surface area contributed by atoms with Crippen molar-refractivity contribution in [1.82, 2.24) is 10.2 Å². The maximum atomic E-state index is 12.6. The van der Waals surface area contributed by atoms with E-state index < -0.39 is 17.4 Å². The molecule has 0 aromatic rings.